The summed E-state index contributed by atoms with van der Waals surface area (Å²) in [5.41, 5.74) is -0.267. The Balaban J connectivity index is 2.30. The number of hydrogen-bond acceptors (Lipinski definition) is 5. The highest BCUT2D eigenvalue weighted by molar-refractivity contribution is 6.05. The van der Waals surface area contributed by atoms with Gasteiger partial charge in [0.15, 0.2) is 0 Å². The molecule has 0 N–H and O–H groups in total. The Kier molecular flexibility index (Phi) is 6.47. The molecule has 0 aromatic heterocycles. The molecule has 0 aliphatic carbocycles. The smallest absolute Gasteiger partial charge is 0.330 e. The van der Waals surface area contributed by atoms with Gasteiger partial charge in [-0.05, 0) is 35.3 Å². The quantitative estimate of drug-likeness (QED) is 0.399. The Labute approximate surface area is 174 Å². The van der Waals surface area contributed by atoms with Gasteiger partial charge in [-0.3, -0.25) is 9.59 Å². The Bertz CT molecular complexity index is 933. The maximum Gasteiger partial charge on any atom is 0.330 e. The van der Waals surface area contributed by atoms with Crippen LogP contribution in [0, 0.1) is 11.2 Å². The molecular weight excluding hydrogens is 387 g/mol. The van der Waals surface area contributed by atoms with Crippen LogP contribution in [0.3, 0.4) is 0 Å². The number of methoxy groups -OCH3 is 2. The van der Waals surface area contributed by atoms with Crippen molar-refractivity contribution in [1.29, 1.82) is 0 Å². The first kappa shape index (κ1) is 21.5. The van der Waals surface area contributed by atoms with Crippen LogP contribution in [0.1, 0.15) is 29.8 Å². The van der Waals surface area contributed by atoms with E-state index in [9.17, 15) is 14.0 Å². The molecule has 0 spiro atoms. The van der Waals surface area contributed by atoms with Gasteiger partial charge in [0.25, 0.3) is 0 Å². The number of benzene rings is 2. The average Bonchev–Trinajstić information content (AvgIpc) is 3.13. The van der Waals surface area contributed by atoms with Crippen LogP contribution in [0.5, 0.6) is 0 Å². The van der Waals surface area contributed by atoms with Crippen LogP contribution >= 0.6 is 0 Å². The SMILES string of the molecule is C=CC/C=C1\C(c2ccccc2)OC(c2ccc(F)cc2)C1(C(=O)OC)C(=O)OC. The monoisotopic (exact) mass is 410 g/mol. The maximum atomic E-state index is 13.6. The topological polar surface area (TPSA) is 61.8 Å². The standard InChI is InChI=1S/C24H23FO5/c1-4-5-11-19-20(16-9-7-6-8-10-16)30-21(17-12-14-18(25)15-13-17)24(19,22(26)28-2)23(27)29-3/h4,6-15,20-21H,1,5H2,2-3H3/b19-11+. The summed E-state index contributed by atoms with van der Waals surface area (Å²) in [5, 5.41) is 0. The van der Waals surface area contributed by atoms with Crippen LogP contribution in [-0.2, 0) is 23.8 Å². The van der Waals surface area contributed by atoms with Crippen LogP contribution in [0.2, 0.25) is 0 Å². The van der Waals surface area contributed by atoms with E-state index in [-0.39, 0.29) is 0 Å². The van der Waals surface area contributed by atoms with Gasteiger partial charge in [-0.1, -0.05) is 54.6 Å². The zero-order valence-corrected chi connectivity index (χ0v) is 16.8. The molecule has 2 unspecified atom stereocenters. The molecule has 6 heteroatoms. The van der Waals surface area contributed by atoms with Crippen molar-refractivity contribution in [1.82, 2.24) is 0 Å². The van der Waals surface area contributed by atoms with Crippen molar-refractivity contribution in [2.24, 2.45) is 5.41 Å². The fourth-order valence-corrected chi connectivity index (χ4v) is 3.86. The van der Waals surface area contributed by atoms with Crippen molar-refractivity contribution in [3.63, 3.8) is 0 Å². The second kappa shape index (κ2) is 9.05. The number of carbonyl (C=O) groups excluding carboxylic acids is 2. The Morgan fingerprint density at radius 1 is 1.03 bits per heavy atom. The number of esters is 2. The summed E-state index contributed by atoms with van der Waals surface area (Å²) < 4.78 is 30.0. The van der Waals surface area contributed by atoms with E-state index in [4.69, 9.17) is 14.2 Å². The molecule has 30 heavy (non-hydrogen) atoms. The highest BCUT2D eigenvalue weighted by Gasteiger charge is 2.65. The van der Waals surface area contributed by atoms with Crippen LogP contribution in [0.4, 0.5) is 4.39 Å². The van der Waals surface area contributed by atoms with E-state index in [2.05, 4.69) is 6.58 Å². The van der Waals surface area contributed by atoms with Gasteiger partial charge >= 0.3 is 11.9 Å². The van der Waals surface area contributed by atoms with Crippen molar-refractivity contribution >= 4 is 11.9 Å². The van der Waals surface area contributed by atoms with Gasteiger partial charge in [-0.2, -0.15) is 0 Å². The molecule has 156 valence electrons. The lowest BCUT2D eigenvalue weighted by Crippen LogP contribution is -2.45. The first-order valence-corrected chi connectivity index (χ1v) is 9.44. The third-order valence-electron chi connectivity index (χ3n) is 5.20. The molecule has 1 aliphatic heterocycles. The molecule has 5 nitrogen and oxygen atoms in total. The minimum atomic E-state index is -1.88. The molecule has 3 rings (SSSR count). The van der Waals surface area contributed by atoms with Crippen molar-refractivity contribution in [2.45, 2.75) is 18.6 Å². The van der Waals surface area contributed by atoms with Crippen molar-refractivity contribution in [2.75, 3.05) is 14.2 Å². The summed E-state index contributed by atoms with van der Waals surface area (Å²) in [6, 6.07) is 14.7. The normalized spacial score (nSPS) is 21.2. The lowest BCUT2D eigenvalue weighted by molar-refractivity contribution is -0.171. The molecule has 1 aliphatic rings. The highest BCUT2D eigenvalue weighted by Crippen LogP contribution is 2.58. The zero-order valence-electron chi connectivity index (χ0n) is 16.8. The lowest BCUT2D eigenvalue weighted by atomic mass is 9.72. The number of ether oxygens (including phenoxy) is 3. The second-order valence-corrected chi connectivity index (χ2v) is 6.83. The molecule has 1 saturated heterocycles. The van der Waals surface area contributed by atoms with Crippen molar-refractivity contribution in [3.8, 4) is 0 Å². The minimum absolute atomic E-state index is 0.397. The molecule has 2 aromatic carbocycles. The molecule has 1 fully saturated rings. The molecule has 2 atom stereocenters. The second-order valence-electron chi connectivity index (χ2n) is 6.83. The predicted molar refractivity (Wildman–Crippen MR) is 109 cm³/mol. The van der Waals surface area contributed by atoms with Gasteiger partial charge in [-0.15, -0.1) is 6.58 Å². The molecule has 0 saturated carbocycles. The Hall–Kier alpha value is -3.25. The van der Waals surface area contributed by atoms with Crippen molar-refractivity contribution < 1.29 is 28.2 Å². The van der Waals surface area contributed by atoms with Gasteiger partial charge in [0.1, 0.15) is 18.0 Å². The Morgan fingerprint density at radius 3 is 2.17 bits per heavy atom. The van der Waals surface area contributed by atoms with Crippen LogP contribution in [0.15, 0.2) is 78.9 Å². The fourth-order valence-electron chi connectivity index (χ4n) is 3.86. The van der Waals surface area contributed by atoms with E-state index in [1.807, 2.05) is 30.3 Å². The molecule has 2 aromatic rings. The van der Waals surface area contributed by atoms with E-state index in [0.717, 1.165) is 5.56 Å². The third kappa shape index (κ3) is 3.55. The summed E-state index contributed by atoms with van der Waals surface area (Å²) in [6.07, 6.45) is 2.01. The minimum Gasteiger partial charge on any atom is -0.468 e. The van der Waals surface area contributed by atoms with Gasteiger partial charge in [0.2, 0.25) is 5.41 Å². The number of hydrogen-bond donors (Lipinski definition) is 0. The molecule has 1 heterocycles. The summed E-state index contributed by atoms with van der Waals surface area (Å²) in [6.45, 7) is 3.72. The van der Waals surface area contributed by atoms with Crippen LogP contribution in [0.25, 0.3) is 0 Å². The molecule has 0 bridgehead atoms. The maximum absolute atomic E-state index is 13.6. The largest absolute Gasteiger partial charge is 0.468 e. The highest BCUT2D eigenvalue weighted by atomic mass is 19.1. The summed E-state index contributed by atoms with van der Waals surface area (Å²) in [4.78, 5) is 26.4. The molecule has 0 amide bonds. The number of rotatable bonds is 6. The summed E-state index contributed by atoms with van der Waals surface area (Å²) >= 11 is 0. The number of allylic oxidation sites excluding steroid dienone is 2. The van der Waals surface area contributed by atoms with Crippen LogP contribution < -0.4 is 0 Å². The lowest BCUT2D eigenvalue weighted by Gasteiger charge is -2.30. The van der Waals surface area contributed by atoms with E-state index >= 15 is 0 Å². The average molecular weight is 410 g/mol. The predicted octanol–water partition coefficient (Wildman–Crippen LogP) is 4.47. The fraction of sp³-hybridized carbons (Fsp3) is 0.250. The van der Waals surface area contributed by atoms with E-state index < -0.39 is 35.4 Å². The van der Waals surface area contributed by atoms with Gasteiger partial charge in [0, 0.05) is 0 Å². The Morgan fingerprint density at radius 2 is 1.63 bits per heavy atom. The molecule has 0 radical (unpaired) electrons. The van der Waals surface area contributed by atoms with E-state index in [1.54, 1.807) is 12.2 Å². The first-order chi connectivity index (χ1) is 14.5. The van der Waals surface area contributed by atoms with Crippen LogP contribution in [-0.4, -0.2) is 26.2 Å². The van der Waals surface area contributed by atoms with Gasteiger partial charge in [-0.25, -0.2) is 4.39 Å². The zero-order chi connectivity index (χ0) is 21.7. The number of halogens is 1. The van der Waals surface area contributed by atoms with Crippen molar-refractivity contribution in [3.05, 3.63) is 95.8 Å². The van der Waals surface area contributed by atoms with Gasteiger partial charge < -0.3 is 14.2 Å². The molecular formula is C24H23FO5. The van der Waals surface area contributed by atoms with E-state index in [1.165, 1.54) is 38.5 Å². The third-order valence-corrected chi connectivity index (χ3v) is 5.20. The van der Waals surface area contributed by atoms with E-state index in [0.29, 0.717) is 17.6 Å². The number of carbonyl (C=O) groups is 2. The first-order valence-electron chi connectivity index (χ1n) is 9.44. The summed E-state index contributed by atoms with van der Waals surface area (Å²) in [7, 11) is 2.41. The summed E-state index contributed by atoms with van der Waals surface area (Å²) in [5.74, 6) is -2.06. The van der Waals surface area contributed by atoms with Gasteiger partial charge in [0.05, 0.1) is 14.2 Å².